The van der Waals surface area contributed by atoms with E-state index < -0.39 is 10.5 Å². The molecule has 7 heteroatoms. The molecule has 0 amide bonds. The second kappa shape index (κ2) is 4.49. The van der Waals surface area contributed by atoms with Crippen LogP contribution in [0, 0.1) is 0 Å². The number of hydrogen-bond acceptors (Lipinski definition) is 3. The SMILES string of the molecule is N.O=S(=O)(O)F.[Al]. The summed E-state index contributed by atoms with van der Waals surface area (Å²) >= 11 is 0. The fourth-order valence-electron chi connectivity index (χ4n) is 0. The Bertz CT molecular complexity index is 98.1. The first-order valence-corrected chi connectivity index (χ1v) is 2.01. The fraction of sp³-hybridized carbons (Fsp3) is 0. The first-order chi connectivity index (χ1) is 2.00. The van der Waals surface area contributed by atoms with E-state index in [0.29, 0.717) is 0 Å². The molecule has 0 aliphatic carbocycles. The molecular formula is H4AlFNO3S. The molecule has 7 heavy (non-hydrogen) atoms. The minimum atomic E-state index is -5.17. The van der Waals surface area contributed by atoms with Crippen molar-refractivity contribution in [2.75, 3.05) is 0 Å². The first kappa shape index (κ1) is 15.7. The zero-order valence-corrected chi connectivity index (χ0v) is 5.31. The Morgan fingerprint density at radius 2 is 1.43 bits per heavy atom. The average molecular weight is 144 g/mol. The Hall–Kier alpha value is 0.332. The summed E-state index contributed by atoms with van der Waals surface area (Å²) in [6.07, 6.45) is 0. The van der Waals surface area contributed by atoms with Crippen LogP contribution in [0.1, 0.15) is 0 Å². The van der Waals surface area contributed by atoms with E-state index in [1.54, 1.807) is 0 Å². The first-order valence-electron chi connectivity index (χ1n) is 0.670. The summed E-state index contributed by atoms with van der Waals surface area (Å²) in [5, 5.41) is 0. The van der Waals surface area contributed by atoms with Crippen molar-refractivity contribution in [1.82, 2.24) is 6.15 Å². The highest BCUT2D eigenvalue weighted by molar-refractivity contribution is 7.80. The van der Waals surface area contributed by atoms with Crippen LogP contribution in [0.2, 0.25) is 0 Å². The second-order valence-electron chi connectivity index (χ2n) is 0.412. The maximum Gasteiger partial charge on any atom is 0.435 e. The van der Waals surface area contributed by atoms with Gasteiger partial charge >= 0.3 is 10.5 Å². The smallest absolute Gasteiger partial charge is 0.344 e. The standard InChI is InChI=1S/Al.FHO3S.H3N/c;1-5(2,3)4;/h;(H,2,3,4);1H3. The highest BCUT2D eigenvalue weighted by Gasteiger charge is 1.89. The molecule has 0 aromatic rings. The van der Waals surface area contributed by atoms with Crippen LogP contribution in [-0.2, 0) is 10.5 Å². The number of halogens is 1. The Balaban J connectivity index is -0.0000000800. The van der Waals surface area contributed by atoms with E-state index in [1.165, 1.54) is 0 Å². The summed E-state index contributed by atoms with van der Waals surface area (Å²) in [5.41, 5.74) is 0. The predicted molar refractivity (Wildman–Crippen MR) is 23.4 cm³/mol. The highest BCUT2D eigenvalue weighted by Crippen LogP contribution is 1.74. The summed E-state index contributed by atoms with van der Waals surface area (Å²) in [7, 11) is -5.17. The van der Waals surface area contributed by atoms with Crippen LogP contribution < -0.4 is 6.15 Å². The van der Waals surface area contributed by atoms with Crippen molar-refractivity contribution in [3.63, 3.8) is 0 Å². The Labute approximate surface area is 51.5 Å². The van der Waals surface area contributed by atoms with Gasteiger partial charge in [-0.25, -0.2) is 0 Å². The van der Waals surface area contributed by atoms with E-state index in [1.807, 2.05) is 0 Å². The predicted octanol–water partition coefficient (Wildman–Crippen LogP) is -0.460. The average Bonchev–Trinajstić information content (AvgIpc) is 0.722. The molecule has 4 N–H and O–H groups in total. The van der Waals surface area contributed by atoms with Gasteiger partial charge in [-0.15, -0.1) is 0 Å². The third kappa shape index (κ3) is 1080. The van der Waals surface area contributed by atoms with E-state index in [-0.39, 0.29) is 23.5 Å². The molecular weight excluding hydrogens is 140 g/mol. The van der Waals surface area contributed by atoms with Gasteiger partial charge in [0.05, 0.1) is 0 Å². The van der Waals surface area contributed by atoms with Crippen LogP contribution in [0.25, 0.3) is 0 Å². The van der Waals surface area contributed by atoms with Crippen molar-refractivity contribution in [3.05, 3.63) is 0 Å². The van der Waals surface area contributed by atoms with Gasteiger partial charge in [-0.1, -0.05) is 3.89 Å². The lowest BCUT2D eigenvalue weighted by molar-refractivity contribution is 0.435. The van der Waals surface area contributed by atoms with Crippen molar-refractivity contribution < 1.29 is 16.9 Å². The van der Waals surface area contributed by atoms with Gasteiger partial charge in [-0.3, -0.25) is 4.55 Å². The zero-order valence-electron chi connectivity index (χ0n) is 3.33. The van der Waals surface area contributed by atoms with Crippen LogP contribution >= 0.6 is 0 Å². The van der Waals surface area contributed by atoms with E-state index in [0.717, 1.165) is 0 Å². The number of hydrogen-bond donors (Lipinski definition) is 2. The third-order valence-corrected chi connectivity index (χ3v) is 0. The van der Waals surface area contributed by atoms with E-state index in [9.17, 15) is 3.89 Å². The maximum absolute atomic E-state index is 10.2. The molecule has 4 nitrogen and oxygen atoms in total. The normalized spacial score (nSPS) is 8.29. The molecule has 0 saturated heterocycles. The summed E-state index contributed by atoms with van der Waals surface area (Å²) in [5.74, 6) is 0. The summed E-state index contributed by atoms with van der Waals surface area (Å²) in [4.78, 5) is 0. The monoisotopic (exact) mass is 144 g/mol. The van der Waals surface area contributed by atoms with Crippen molar-refractivity contribution >= 4 is 27.9 Å². The van der Waals surface area contributed by atoms with E-state index >= 15 is 0 Å². The highest BCUT2D eigenvalue weighted by atomic mass is 32.3. The summed E-state index contributed by atoms with van der Waals surface area (Å²) in [6.45, 7) is 0. The lowest BCUT2D eigenvalue weighted by Gasteiger charge is -1.63. The summed E-state index contributed by atoms with van der Waals surface area (Å²) in [6, 6.07) is 0. The molecule has 0 fully saturated rings. The second-order valence-corrected chi connectivity index (χ2v) is 1.24. The van der Waals surface area contributed by atoms with Crippen molar-refractivity contribution in [2.24, 2.45) is 0 Å². The summed E-state index contributed by atoms with van der Waals surface area (Å²) < 4.78 is 34.1. The van der Waals surface area contributed by atoms with Gasteiger partial charge in [0.2, 0.25) is 0 Å². The number of rotatable bonds is 0. The van der Waals surface area contributed by atoms with Crippen molar-refractivity contribution in [3.8, 4) is 0 Å². The minimum absolute atomic E-state index is 0. The van der Waals surface area contributed by atoms with Gasteiger partial charge < -0.3 is 6.15 Å². The molecule has 43 valence electrons. The van der Waals surface area contributed by atoms with Gasteiger partial charge in [0.15, 0.2) is 0 Å². The third-order valence-electron chi connectivity index (χ3n) is 0. The largest absolute Gasteiger partial charge is 0.435 e. The van der Waals surface area contributed by atoms with Gasteiger partial charge in [0, 0.05) is 17.4 Å². The molecule has 0 aromatic heterocycles. The molecule has 0 rings (SSSR count). The molecule has 0 aromatic carbocycles. The molecule has 0 spiro atoms. The quantitative estimate of drug-likeness (QED) is 0.273. The molecule has 0 atom stereocenters. The molecule has 0 saturated carbocycles. The molecule has 0 unspecified atom stereocenters. The van der Waals surface area contributed by atoms with E-state index in [2.05, 4.69) is 0 Å². The minimum Gasteiger partial charge on any atom is -0.344 e. The molecule has 0 heterocycles. The Morgan fingerprint density at radius 3 is 1.43 bits per heavy atom. The Kier molecular flexibility index (Phi) is 10.0. The van der Waals surface area contributed by atoms with Crippen molar-refractivity contribution in [1.29, 1.82) is 0 Å². The molecule has 3 radical (unpaired) electrons. The van der Waals surface area contributed by atoms with E-state index in [4.69, 9.17) is 13.0 Å². The van der Waals surface area contributed by atoms with Crippen LogP contribution in [0.5, 0.6) is 0 Å². The molecule has 0 aliphatic heterocycles. The molecule has 0 aliphatic rings. The van der Waals surface area contributed by atoms with Crippen LogP contribution in [0.4, 0.5) is 3.89 Å². The van der Waals surface area contributed by atoms with Gasteiger partial charge in [-0.2, -0.15) is 8.42 Å². The van der Waals surface area contributed by atoms with Gasteiger partial charge in [0.25, 0.3) is 0 Å². The molecule has 0 bridgehead atoms. The van der Waals surface area contributed by atoms with Gasteiger partial charge in [-0.05, 0) is 0 Å². The van der Waals surface area contributed by atoms with Gasteiger partial charge in [0.1, 0.15) is 0 Å². The van der Waals surface area contributed by atoms with Crippen molar-refractivity contribution in [2.45, 2.75) is 0 Å². The maximum atomic E-state index is 10.2. The fourth-order valence-corrected chi connectivity index (χ4v) is 0. The zero-order chi connectivity index (χ0) is 4.50. The lowest BCUT2D eigenvalue weighted by atomic mass is 14.0. The van der Waals surface area contributed by atoms with Crippen LogP contribution in [-0.4, -0.2) is 30.3 Å². The lowest BCUT2D eigenvalue weighted by Crippen LogP contribution is -1.80. The van der Waals surface area contributed by atoms with Crippen LogP contribution in [0.3, 0.4) is 0 Å². The van der Waals surface area contributed by atoms with Crippen LogP contribution in [0.15, 0.2) is 0 Å². The topological polar surface area (TPSA) is 89.4 Å². The Morgan fingerprint density at radius 1 is 1.43 bits per heavy atom.